The number of alkyl halides is 6. The normalized spacial score (nSPS) is 11.8. The highest BCUT2D eigenvalue weighted by atomic mass is 35.5. The van der Waals surface area contributed by atoms with E-state index < -0.39 is 51.8 Å². The number of nitrogens with one attached hydrogen (secondary N) is 1. The van der Waals surface area contributed by atoms with Gasteiger partial charge in [-0.1, -0.05) is 11.6 Å². The van der Waals surface area contributed by atoms with Gasteiger partial charge in [0.15, 0.2) is 0 Å². The number of rotatable bonds is 5. The molecule has 0 saturated heterocycles. The van der Waals surface area contributed by atoms with Crippen molar-refractivity contribution in [3.63, 3.8) is 0 Å². The Morgan fingerprint density at radius 1 is 1.09 bits per heavy atom. The Morgan fingerprint density at radius 3 is 2.38 bits per heavy atom. The summed E-state index contributed by atoms with van der Waals surface area (Å²) < 4.78 is 86.8. The topological polar surface area (TPSA) is 82.5 Å². The summed E-state index contributed by atoms with van der Waals surface area (Å²) in [4.78, 5) is 28.0. The molecule has 2 heterocycles. The van der Waals surface area contributed by atoms with E-state index in [0.29, 0.717) is 12.3 Å². The third kappa shape index (κ3) is 6.19. The summed E-state index contributed by atoms with van der Waals surface area (Å²) in [6.07, 6.45) is -8.11. The number of aromatic nitrogens is 2. The van der Waals surface area contributed by atoms with Crippen LogP contribution in [-0.2, 0) is 13.2 Å². The number of benzene rings is 1. The SMILES string of the molecule is Cn1ccc(NC(=O)c2cc(C(F)(F)F)cnc2Oc2ccc(OC(F)(F)F)cc2Cl)cc1=O. The van der Waals surface area contributed by atoms with Crippen LogP contribution in [0.1, 0.15) is 15.9 Å². The lowest BCUT2D eigenvalue weighted by molar-refractivity contribution is -0.274. The second-order valence-corrected chi connectivity index (χ2v) is 7.04. The molecule has 3 rings (SSSR count). The third-order valence-electron chi connectivity index (χ3n) is 4.13. The number of amides is 1. The first kappa shape index (κ1) is 24.9. The zero-order valence-electron chi connectivity index (χ0n) is 16.8. The highest BCUT2D eigenvalue weighted by Gasteiger charge is 2.33. The fraction of sp³-hybridized carbons (Fsp3) is 0.150. The number of halogens is 7. The monoisotopic (exact) mass is 507 g/mol. The van der Waals surface area contributed by atoms with Crippen molar-refractivity contribution in [3.8, 4) is 17.4 Å². The minimum atomic E-state index is -4.98. The van der Waals surface area contributed by atoms with Crippen molar-refractivity contribution in [2.45, 2.75) is 12.5 Å². The van der Waals surface area contributed by atoms with Crippen LogP contribution >= 0.6 is 11.6 Å². The summed E-state index contributed by atoms with van der Waals surface area (Å²) in [6.45, 7) is 0. The molecule has 0 radical (unpaired) electrons. The number of carbonyl (C=O) groups is 1. The predicted molar refractivity (Wildman–Crippen MR) is 107 cm³/mol. The molecule has 1 aromatic carbocycles. The van der Waals surface area contributed by atoms with Gasteiger partial charge in [-0.15, -0.1) is 13.2 Å². The van der Waals surface area contributed by atoms with Crippen LogP contribution in [0, 0.1) is 0 Å². The van der Waals surface area contributed by atoms with Crippen LogP contribution in [0.15, 0.2) is 53.6 Å². The van der Waals surface area contributed by atoms with Crippen molar-refractivity contribution in [1.82, 2.24) is 9.55 Å². The van der Waals surface area contributed by atoms with Crippen LogP contribution in [0.5, 0.6) is 17.4 Å². The average molecular weight is 508 g/mol. The zero-order chi connectivity index (χ0) is 25.3. The number of nitrogens with zero attached hydrogens (tertiary/aromatic N) is 2. The summed E-state index contributed by atoms with van der Waals surface area (Å²) in [5.41, 5.74) is -2.45. The van der Waals surface area contributed by atoms with E-state index in [1.54, 1.807) is 0 Å². The van der Waals surface area contributed by atoms with E-state index in [4.69, 9.17) is 16.3 Å². The van der Waals surface area contributed by atoms with Crippen molar-refractivity contribution < 1.29 is 40.6 Å². The second kappa shape index (κ2) is 9.25. The predicted octanol–water partition coefficient (Wildman–Crippen LogP) is 5.40. The van der Waals surface area contributed by atoms with E-state index in [9.17, 15) is 35.9 Å². The maximum absolute atomic E-state index is 13.2. The van der Waals surface area contributed by atoms with Gasteiger partial charge in [-0.05, 0) is 24.3 Å². The Bertz CT molecular complexity index is 1290. The molecule has 1 N–H and O–H groups in total. The lowest BCUT2D eigenvalue weighted by atomic mass is 10.1. The van der Waals surface area contributed by atoms with E-state index in [-0.39, 0.29) is 11.4 Å². The molecule has 0 spiro atoms. The van der Waals surface area contributed by atoms with Crippen LogP contribution in [0.2, 0.25) is 5.02 Å². The molecule has 0 saturated carbocycles. The summed E-state index contributed by atoms with van der Waals surface area (Å²) in [7, 11) is 1.45. The first-order valence-electron chi connectivity index (χ1n) is 9.01. The summed E-state index contributed by atoms with van der Waals surface area (Å²) in [5.74, 6) is -2.71. The lowest BCUT2D eigenvalue weighted by Gasteiger charge is -2.15. The molecule has 2 aromatic heterocycles. The molecule has 0 bridgehead atoms. The van der Waals surface area contributed by atoms with Crippen LogP contribution in [-0.4, -0.2) is 21.8 Å². The molecule has 0 aliphatic heterocycles. The minimum absolute atomic E-state index is 0.0110. The first-order chi connectivity index (χ1) is 15.7. The van der Waals surface area contributed by atoms with Gasteiger partial charge < -0.3 is 19.4 Å². The number of aryl methyl sites for hydroxylation is 1. The molecule has 3 aromatic rings. The number of hydrogen-bond donors (Lipinski definition) is 1. The van der Waals surface area contributed by atoms with Gasteiger partial charge in [0, 0.05) is 37.3 Å². The van der Waals surface area contributed by atoms with Crippen LogP contribution in [0.25, 0.3) is 0 Å². The maximum Gasteiger partial charge on any atom is 0.573 e. The molecule has 0 unspecified atom stereocenters. The second-order valence-electron chi connectivity index (χ2n) is 6.64. The fourth-order valence-electron chi connectivity index (χ4n) is 2.54. The van der Waals surface area contributed by atoms with Crippen LogP contribution in [0.4, 0.5) is 32.0 Å². The van der Waals surface area contributed by atoms with Crippen molar-refractivity contribution in [2.24, 2.45) is 7.05 Å². The molecular weight excluding hydrogens is 496 g/mol. The van der Waals surface area contributed by atoms with Gasteiger partial charge in [-0.25, -0.2) is 4.98 Å². The Morgan fingerprint density at radius 2 is 1.79 bits per heavy atom. The highest BCUT2D eigenvalue weighted by Crippen LogP contribution is 2.37. The third-order valence-corrected chi connectivity index (χ3v) is 4.42. The van der Waals surface area contributed by atoms with Crippen LogP contribution < -0.4 is 20.3 Å². The minimum Gasteiger partial charge on any atom is -0.437 e. The first-order valence-corrected chi connectivity index (χ1v) is 9.39. The maximum atomic E-state index is 13.2. The van der Waals surface area contributed by atoms with E-state index in [1.807, 2.05) is 0 Å². The average Bonchev–Trinajstić information content (AvgIpc) is 2.71. The quantitative estimate of drug-likeness (QED) is 0.468. The number of carbonyl (C=O) groups excluding carboxylic acids is 1. The Labute approximate surface area is 191 Å². The molecule has 7 nitrogen and oxygen atoms in total. The number of hydrogen-bond acceptors (Lipinski definition) is 5. The van der Waals surface area contributed by atoms with E-state index in [0.717, 1.165) is 24.3 Å². The van der Waals surface area contributed by atoms with E-state index >= 15 is 0 Å². The van der Waals surface area contributed by atoms with Crippen molar-refractivity contribution in [3.05, 3.63) is 75.3 Å². The molecule has 14 heteroatoms. The van der Waals surface area contributed by atoms with Crippen molar-refractivity contribution in [1.29, 1.82) is 0 Å². The van der Waals surface area contributed by atoms with Crippen LogP contribution in [0.3, 0.4) is 0 Å². The highest BCUT2D eigenvalue weighted by molar-refractivity contribution is 6.32. The van der Waals surface area contributed by atoms with Crippen molar-refractivity contribution in [2.75, 3.05) is 5.32 Å². The smallest absolute Gasteiger partial charge is 0.437 e. The van der Waals surface area contributed by atoms with Gasteiger partial charge in [-0.2, -0.15) is 13.2 Å². The molecule has 180 valence electrons. The molecule has 0 fully saturated rings. The van der Waals surface area contributed by atoms with Gasteiger partial charge in [0.05, 0.1) is 10.6 Å². The summed E-state index contributed by atoms with van der Waals surface area (Å²) in [5, 5.41) is 1.86. The van der Waals surface area contributed by atoms with E-state index in [1.165, 1.54) is 23.9 Å². The Balaban J connectivity index is 1.96. The standard InChI is InChI=1S/C20H12ClF6N3O4/c1-30-5-4-11(7-16(30)31)29-17(32)13-6-10(19(22,23)24)9-28-18(13)33-15-3-2-12(8-14(15)21)34-20(25,26)27/h2-9H,1H3,(H,29,32). The number of pyridine rings is 2. The van der Waals surface area contributed by atoms with Gasteiger partial charge in [0.25, 0.3) is 11.5 Å². The molecule has 34 heavy (non-hydrogen) atoms. The van der Waals surface area contributed by atoms with Gasteiger partial charge in [0.1, 0.15) is 17.1 Å². The van der Waals surface area contributed by atoms with Crippen molar-refractivity contribution >= 4 is 23.2 Å². The molecule has 0 aliphatic carbocycles. The number of ether oxygens (including phenoxy) is 2. The molecular formula is C20H12ClF6N3O4. The summed E-state index contributed by atoms with van der Waals surface area (Å²) in [6, 6.07) is 5.39. The molecule has 0 aliphatic rings. The largest absolute Gasteiger partial charge is 0.573 e. The fourth-order valence-corrected chi connectivity index (χ4v) is 2.75. The van der Waals surface area contributed by atoms with Gasteiger partial charge in [0.2, 0.25) is 5.88 Å². The van der Waals surface area contributed by atoms with Gasteiger partial charge in [-0.3, -0.25) is 9.59 Å². The molecule has 0 atom stereocenters. The van der Waals surface area contributed by atoms with Gasteiger partial charge >= 0.3 is 12.5 Å². The Kier molecular flexibility index (Phi) is 6.77. The van der Waals surface area contributed by atoms with E-state index in [2.05, 4.69) is 15.0 Å². The molecule has 1 amide bonds. The zero-order valence-corrected chi connectivity index (χ0v) is 17.5. The Hall–Kier alpha value is -3.74. The lowest BCUT2D eigenvalue weighted by Crippen LogP contribution is -2.19. The number of anilines is 1. The summed E-state index contributed by atoms with van der Waals surface area (Å²) >= 11 is 5.89.